The molecule has 1 saturated heterocycles. The highest BCUT2D eigenvalue weighted by Crippen LogP contribution is 2.34. The Morgan fingerprint density at radius 2 is 2.00 bits per heavy atom. The summed E-state index contributed by atoms with van der Waals surface area (Å²) in [6.45, 7) is 9.47. The third-order valence-corrected chi connectivity index (χ3v) is 5.10. The van der Waals surface area contributed by atoms with E-state index in [1.165, 1.54) is 5.56 Å². The van der Waals surface area contributed by atoms with E-state index in [1.807, 2.05) is 6.07 Å². The van der Waals surface area contributed by atoms with Gasteiger partial charge in [0, 0.05) is 38.8 Å². The van der Waals surface area contributed by atoms with Crippen LogP contribution >= 0.6 is 0 Å². The number of fused-ring (bicyclic) bond motifs is 1. The van der Waals surface area contributed by atoms with E-state index in [4.69, 9.17) is 18.9 Å². The van der Waals surface area contributed by atoms with Crippen LogP contribution in [0.1, 0.15) is 32.3 Å². The van der Waals surface area contributed by atoms with Gasteiger partial charge in [0.2, 0.25) is 0 Å². The van der Waals surface area contributed by atoms with Crippen molar-refractivity contribution in [3.63, 3.8) is 0 Å². The molecule has 1 fully saturated rings. The number of hydrogen-bond donors (Lipinski definition) is 2. The van der Waals surface area contributed by atoms with Gasteiger partial charge in [-0.1, -0.05) is 19.9 Å². The van der Waals surface area contributed by atoms with Crippen LogP contribution < -0.4 is 20.1 Å². The summed E-state index contributed by atoms with van der Waals surface area (Å²) in [7, 11) is 1.79. The molecule has 0 bridgehead atoms. The highest BCUT2D eigenvalue weighted by atomic mass is 16.6. The maximum absolute atomic E-state index is 5.79. The van der Waals surface area contributed by atoms with Gasteiger partial charge in [-0.05, 0) is 30.5 Å². The van der Waals surface area contributed by atoms with E-state index in [9.17, 15) is 0 Å². The summed E-state index contributed by atoms with van der Waals surface area (Å²) in [5.74, 6) is 2.45. The molecule has 1 unspecified atom stereocenters. The Morgan fingerprint density at radius 1 is 1.18 bits per heavy atom. The summed E-state index contributed by atoms with van der Waals surface area (Å²) >= 11 is 0. The van der Waals surface area contributed by atoms with Gasteiger partial charge in [0.05, 0.1) is 12.7 Å². The average Bonchev–Trinajstić information content (AvgIpc) is 3.23. The van der Waals surface area contributed by atoms with E-state index >= 15 is 0 Å². The van der Waals surface area contributed by atoms with Crippen LogP contribution in [0.5, 0.6) is 11.5 Å². The number of rotatable bonds is 8. The fourth-order valence-corrected chi connectivity index (χ4v) is 3.26. The van der Waals surface area contributed by atoms with Crippen LogP contribution in [0.3, 0.4) is 0 Å². The minimum absolute atomic E-state index is 0.0843. The molecule has 2 aliphatic rings. The first-order chi connectivity index (χ1) is 13.6. The van der Waals surface area contributed by atoms with Crippen LogP contribution in [0.4, 0.5) is 0 Å². The van der Waals surface area contributed by atoms with Gasteiger partial charge in [-0.3, -0.25) is 4.99 Å². The predicted molar refractivity (Wildman–Crippen MR) is 110 cm³/mol. The van der Waals surface area contributed by atoms with Crippen LogP contribution in [0.2, 0.25) is 0 Å². The van der Waals surface area contributed by atoms with Gasteiger partial charge in [-0.25, -0.2) is 0 Å². The van der Waals surface area contributed by atoms with Crippen molar-refractivity contribution >= 4 is 5.96 Å². The minimum Gasteiger partial charge on any atom is -0.486 e. The van der Waals surface area contributed by atoms with Crippen LogP contribution in [0.25, 0.3) is 0 Å². The molecule has 1 atom stereocenters. The van der Waals surface area contributed by atoms with E-state index in [0.717, 1.165) is 63.2 Å². The zero-order chi connectivity index (χ0) is 19.8. The van der Waals surface area contributed by atoms with E-state index in [0.29, 0.717) is 13.2 Å². The molecule has 2 N–H and O–H groups in total. The average molecular weight is 392 g/mol. The molecule has 1 aromatic carbocycles. The molecular formula is C21H33N3O4. The van der Waals surface area contributed by atoms with Crippen molar-refractivity contribution in [1.29, 1.82) is 0 Å². The molecule has 0 amide bonds. The van der Waals surface area contributed by atoms with Crippen molar-refractivity contribution in [2.45, 2.75) is 38.2 Å². The second-order valence-corrected chi connectivity index (χ2v) is 7.80. The van der Waals surface area contributed by atoms with E-state index in [2.05, 4.69) is 41.6 Å². The molecule has 7 nitrogen and oxygen atoms in total. The Hall–Kier alpha value is -1.99. The second kappa shape index (κ2) is 9.98. The molecular weight excluding hydrogens is 358 g/mol. The molecule has 3 rings (SSSR count). The first-order valence-electron chi connectivity index (χ1n) is 10.1. The molecule has 1 aromatic rings. The zero-order valence-corrected chi connectivity index (χ0v) is 17.3. The van der Waals surface area contributed by atoms with Crippen molar-refractivity contribution in [3.05, 3.63) is 23.8 Å². The lowest BCUT2D eigenvalue weighted by Gasteiger charge is -2.28. The topological polar surface area (TPSA) is 73.3 Å². The smallest absolute Gasteiger partial charge is 0.191 e. The maximum atomic E-state index is 5.79. The number of ether oxygens (including phenoxy) is 4. The van der Waals surface area contributed by atoms with Gasteiger partial charge in [0.15, 0.2) is 17.5 Å². The molecule has 2 heterocycles. The van der Waals surface area contributed by atoms with Crippen molar-refractivity contribution in [3.8, 4) is 11.5 Å². The van der Waals surface area contributed by atoms with Gasteiger partial charge in [0.1, 0.15) is 13.2 Å². The van der Waals surface area contributed by atoms with Crippen LogP contribution in [0.15, 0.2) is 23.2 Å². The summed E-state index contributed by atoms with van der Waals surface area (Å²) in [6.07, 6.45) is 2.21. The fraction of sp³-hybridized carbons (Fsp3) is 0.667. The highest BCUT2D eigenvalue weighted by molar-refractivity contribution is 5.79. The van der Waals surface area contributed by atoms with Crippen molar-refractivity contribution in [2.75, 3.05) is 53.2 Å². The van der Waals surface area contributed by atoms with Gasteiger partial charge in [-0.15, -0.1) is 0 Å². The predicted octanol–water partition coefficient (Wildman–Crippen LogP) is 2.10. The Morgan fingerprint density at radius 3 is 2.75 bits per heavy atom. The van der Waals surface area contributed by atoms with E-state index < -0.39 is 0 Å². The lowest BCUT2D eigenvalue weighted by Crippen LogP contribution is -2.43. The first-order valence-corrected chi connectivity index (χ1v) is 10.1. The summed E-state index contributed by atoms with van der Waals surface area (Å²) in [5, 5.41) is 6.78. The van der Waals surface area contributed by atoms with E-state index in [-0.39, 0.29) is 11.5 Å². The molecule has 0 aliphatic carbocycles. The van der Waals surface area contributed by atoms with Crippen molar-refractivity contribution in [1.82, 2.24) is 10.6 Å². The Labute approximate surface area is 167 Å². The lowest BCUT2D eigenvalue weighted by molar-refractivity contribution is 0.0420. The lowest BCUT2D eigenvalue weighted by atomic mass is 9.84. The number of hydrogen-bond acceptors (Lipinski definition) is 5. The second-order valence-electron chi connectivity index (χ2n) is 7.80. The quantitative estimate of drug-likeness (QED) is 0.402. The van der Waals surface area contributed by atoms with Crippen LogP contribution in [0, 0.1) is 0 Å². The van der Waals surface area contributed by atoms with Gasteiger partial charge in [-0.2, -0.15) is 0 Å². The van der Waals surface area contributed by atoms with Gasteiger partial charge in [0.25, 0.3) is 0 Å². The summed E-state index contributed by atoms with van der Waals surface area (Å²) < 4.78 is 22.4. The third-order valence-electron chi connectivity index (χ3n) is 5.10. The molecule has 28 heavy (non-hydrogen) atoms. The van der Waals surface area contributed by atoms with Crippen molar-refractivity contribution < 1.29 is 18.9 Å². The van der Waals surface area contributed by atoms with Gasteiger partial charge >= 0.3 is 0 Å². The molecule has 2 aliphatic heterocycles. The zero-order valence-electron chi connectivity index (χ0n) is 17.3. The Bertz CT molecular complexity index is 657. The molecule has 0 saturated carbocycles. The number of nitrogens with one attached hydrogen (secondary N) is 2. The van der Waals surface area contributed by atoms with Crippen LogP contribution in [-0.4, -0.2) is 65.2 Å². The maximum Gasteiger partial charge on any atom is 0.191 e. The normalized spacial score (nSPS) is 19.5. The molecule has 0 spiro atoms. The SMILES string of the molecule is CN=C(NCCCOC1CCOC1)NCC(C)(C)c1ccc2c(c1)OCCO2. The Balaban J connectivity index is 1.41. The Kier molecular flexibility index (Phi) is 7.39. The van der Waals surface area contributed by atoms with Gasteiger partial charge < -0.3 is 29.6 Å². The van der Waals surface area contributed by atoms with Crippen molar-refractivity contribution in [2.24, 2.45) is 4.99 Å². The molecule has 0 aromatic heterocycles. The van der Waals surface area contributed by atoms with Crippen LogP contribution in [-0.2, 0) is 14.9 Å². The summed E-state index contributed by atoms with van der Waals surface area (Å²) in [4.78, 5) is 4.32. The molecule has 7 heteroatoms. The number of aliphatic imine (C=N–C) groups is 1. The van der Waals surface area contributed by atoms with E-state index in [1.54, 1.807) is 7.05 Å². The summed E-state index contributed by atoms with van der Waals surface area (Å²) in [6, 6.07) is 6.18. The molecule has 156 valence electrons. The fourth-order valence-electron chi connectivity index (χ4n) is 3.26. The first kappa shape index (κ1) is 20.7. The number of nitrogens with zero attached hydrogens (tertiary/aromatic N) is 1. The monoisotopic (exact) mass is 391 g/mol. The third kappa shape index (κ3) is 5.75. The number of guanidine groups is 1. The summed E-state index contributed by atoms with van der Waals surface area (Å²) in [5.41, 5.74) is 1.12. The largest absolute Gasteiger partial charge is 0.486 e. The minimum atomic E-state index is -0.0843. The highest BCUT2D eigenvalue weighted by Gasteiger charge is 2.24. The number of benzene rings is 1. The molecule has 0 radical (unpaired) electrons. The standard InChI is InChI=1S/C21H33N3O4/c1-21(2,16-5-6-18-19(13-16)28-12-11-27-18)15-24-20(22-3)23-8-4-9-26-17-7-10-25-14-17/h5-6,13,17H,4,7-12,14-15H2,1-3H3,(H2,22,23,24).